The third-order valence-corrected chi connectivity index (χ3v) is 5.93. The van der Waals surface area contributed by atoms with Crippen molar-refractivity contribution in [2.24, 2.45) is 0 Å². The molecule has 180 valence electrons. The SMILES string of the molecule is CCCCCCCCCCCOC(=O)c1ccc(C(=N)c2c(O)c3ccccc3oc2=O)cc1. The molecule has 0 spiro atoms. The second kappa shape index (κ2) is 12.7. The molecule has 0 radical (unpaired) electrons. The number of rotatable bonds is 13. The molecule has 3 aromatic rings. The van der Waals surface area contributed by atoms with E-state index < -0.39 is 11.6 Å². The molecule has 0 aliphatic rings. The Bertz CT molecular complexity index is 1160. The van der Waals surface area contributed by atoms with Crippen molar-refractivity contribution in [1.29, 1.82) is 5.41 Å². The Labute approximate surface area is 200 Å². The van der Waals surface area contributed by atoms with Gasteiger partial charge in [0.05, 0.1) is 23.3 Å². The summed E-state index contributed by atoms with van der Waals surface area (Å²) in [5.41, 5.74) is -0.154. The molecule has 0 amide bonds. The summed E-state index contributed by atoms with van der Waals surface area (Å²) in [7, 11) is 0. The number of hydrogen-bond acceptors (Lipinski definition) is 6. The zero-order chi connectivity index (χ0) is 24.3. The van der Waals surface area contributed by atoms with Gasteiger partial charge in [-0.1, -0.05) is 82.6 Å². The van der Waals surface area contributed by atoms with Crippen LogP contribution in [0.3, 0.4) is 0 Å². The van der Waals surface area contributed by atoms with Gasteiger partial charge < -0.3 is 14.3 Å². The molecule has 3 rings (SSSR count). The summed E-state index contributed by atoms with van der Waals surface area (Å²) in [5, 5.41) is 19.3. The van der Waals surface area contributed by atoms with Gasteiger partial charge in [-0.3, -0.25) is 5.41 Å². The minimum atomic E-state index is -0.786. The van der Waals surface area contributed by atoms with Crippen molar-refractivity contribution in [3.05, 3.63) is 75.6 Å². The van der Waals surface area contributed by atoms with E-state index in [-0.39, 0.29) is 22.6 Å². The summed E-state index contributed by atoms with van der Waals surface area (Å²) in [6, 6.07) is 12.9. The van der Waals surface area contributed by atoms with Gasteiger partial charge in [-0.25, -0.2) is 9.59 Å². The molecule has 2 N–H and O–H groups in total. The lowest BCUT2D eigenvalue weighted by atomic mass is 10.0. The normalized spacial score (nSPS) is 11.0. The maximum atomic E-state index is 12.4. The van der Waals surface area contributed by atoms with Crippen LogP contribution >= 0.6 is 0 Å². The number of carbonyl (C=O) groups excluding carboxylic acids is 1. The van der Waals surface area contributed by atoms with E-state index in [9.17, 15) is 14.7 Å². The number of aromatic hydroxyl groups is 1. The maximum absolute atomic E-state index is 12.4. The van der Waals surface area contributed by atoms with E-state index in [1.807, 2.05) is 0 Å². The van der Waals surface area contributed by atoms with Crippen LogP contribution in [0.25, 0.3) is 11.0 Å². The fraction of sp³-hybridized carbons (Fsp3) is 0.393. The number of esters is 1. The first kappa shape index (κ1) is 25.2. The molecule has 0 atom stereocenters. The van der Waals surface area contributed by atoms with Gasteiger partial charge in [0.1, 0.15) is 16.9 Å². The summed E-state index contributed by atoms with van der Waals surface area (Å²) in [6.45, 7) is 2.61. The molecule has 1 aromatic heterocycles. The molecular formula is C28H33NO5. The fourth-order valence-corrected chi connectivity index (χ4v) is 3.93. The topological polar surface area (TPSA) is 101 Å². The van der Waals surface area contributed by atoms with Crippen molar-refractivity contribution in [2.75, 3.05) is 6.61 Å². The Hall–Kier alpha value is -3.41. The molecule has 0 saturated carbocycles. The van der Waals surface area contributed by atoms with Gasteiger partial charge in [0.15, 0.2) is 0 Å². The number of fused-ring (bicyclic) bond motifs is 1. The molecule has 0 saturated heterocycles. The largest absolute Gasteiger partial charge is 0.506 e. The zero-order valence-corrected chi connectivity index (χ0v) is 19.8. The number of nitrogens with one attached hydrogen (secondary N) is 1. The van der Waals surface area contributed by atoms with Gasteiger partial charge in [-0.2, -0.15) is 0 Å². The van der Waals surface area contributed by atoms with Crippen molar-refractivity contribution >= 4 is 22.7 Å². The van der Waals surface area contributed by atoms with Crippen LogP contribution in [-0.2, 0) is 4.74 Å². The first-order chi connectivity index (χ1) is 16.5. The smallest absolute Gasteiger partial charge is 0.349 e. The van der Waals surface area contributed by atoms with Crippen molar-refractivity contribution in [2.45, 2.75) is 64.7 Å². The Morgan fingerprint density at radius 2 is 1.47 bits per heavy atom. The van der Waals surface area contributed by atoms with Crippen LogP contribution in [0.1, 0.15) is 86.2 Å². The van der Waals surface area contributed by atoms with Gasteiger partial charge in [-0.05, 0) is 30.7 Å². The Morgan fingerprint density at radius 1 is 0.882 bits per heavy atom. The van der Waals surface area contributed by atoms with E-state index in [0.29, 0.717) is 23.1 Å². The summed E-state index contributed by atoms with van der Waals surface area (Å²) < 4.78 is 10.6. The van der Waals surface area contributed by atoms with Gasteiger partial charge in [-0.15, -0.1) is 0 Å². The molecule has 0 bridgehead atoms. The van der Waals surface area contributed by atoms with E-state index in [2.05, 4.69) is 6.92 Å². The standard InChI is InChI=1S/C28H33NO5/c1-2-3-4-5-6-7-8-9-12-19-33-27(31)21-17-15-20(16-18-21)25(29)24-26(30)22-13-10-11-14-23(22)34-28(24)32/h10-11,13-18,29-30H,2-9,12,19H2,1H3. The predicted octanol–water partition coefficient (Wildman–Crippen LogP) is 6.60. The summed E-state index contributed by atoms with van der Waals surface area (Å²) in [4.78, 5) is 24.7. The number of para-hydroxylation sites is 1. The molecule has 0 aliphatic carbocycles. The predicted molar refractivity (Wildman–Crippen MR) is 134 cm³/mol. The van der Waals surface area contributed by atoms with Crippen LogP contribution in [-0.4, -0.2) is 23.4 Å². The third kappa shape index (κ3) is 6.56. The quantitative estimate of drug-likeness (QED) is 0.129. The number of benzene rings is 2. The monoisotopic (exact) mass is 463 g/mol. The van der Waals surface area contributed by atoms with Crippen LogP contribution in [0, 0.1) is 5.41 Å². The van der Waals surface area contributed by atoms with E-state index >= 15 is 0 Å². The first-order valence-corrected chi connectivity index (χ1v) is 12.1. The highest BCUT2D eigenvalue weighted by Crippen LogP contribution is 2.27. The molecular weight excluding hydrogens is 430 g/mol. The van der Waals surface area contributed by atoms with E-state index in [4.69, 9.17) is 14.6 Å². The van der Waals surface area contributed by atoms with Crippen LogP contribution in [0.5, 0.6) is 5.75 Å². The second-order valence-electron chi connectivity index (χ2n) is 8.53. The van der Waals surface area contributed by atoms with Crippen LogP contribution in [0.4, 0.5) is 0 Å². The fourth-order valence-electron chi connectivity index (χ4n) is 3.93. The number of carbonyl (C=O) groups is 1. The van der Waals surface area contributed by atoms with Crippen molar-refractivity contribution in [3.63, 3.8) is 0 Å². The highest BCUT2D eigenvalue weighted by Gasteiger charge is 2.19. The summed E-state index contributed by atoms with van der Waals surface area (Å²) in [5.74, 6) is -0.702. The molecule has 1 heterocycles. The Balaban J connectivity index is 1.50. The minimum Gasteiger partial charge on any atom is -0.506 e. The average Bonchev–Trinajstić information content (AvgIpc) is 2.85. The molecule has 34 heavy (non-hydrogen) atoms. The maximum Gasteiger partial charge on any atom is 0.349 e. The van der Waals surface area contributed by atoms with Crippen LogP contribution in [0.15, 0.2) is 57.7 Å². The zero-order valence-electron chi connectivity index (χ0n) is 19.8. The van der Waals surface area contributed by atoms with Crippen LogP contribution < -0.4 is 5.63 Å². The average molecular weight is 464 g/mol. The second-order valence-corrected chi connectivity index (χ2v) is 8.53. The van der Waals surface area contributed by atoms with E-state index in [1.165, 1.54) is 38.5 Å². The van der Waals surface area contributed by atoms with Gasteiger partial charge >= 0.3 is 11.6 Å². The number of hydrogen-bond donors (Lipinski definition) is 2. The van der Waals surface area contributed by atoms with Crippen molar-refractivity contribution in [3.8, 4) is 5.75 Å². The lowest BCUT2D eigenvalue weighted by Gasteiger charge is -2.09. The molecule has 2 aromatic carbocycles. The lowest BCUT2D eigenvalue weighted by molar-refractivity contribution is 0.0497. The van der Waals surface area contributed by atoms with Gasteiger partial charge in [0.2, 0.25) is 0 Å². The highest BCUT2D eigenvalue weighted by atomic mass is 16.5. The third-order valence-electron chi connectivity index (χ3n) is 5.93. The Morgan fingerprint density at radius 3 is 2.15 bits per heavy atom. The minimum absolute atomic E-state index is 0.174. The summed E-state index contributed by atoms with van der Waals surface area (Å²) in [6.07, 6.45) is 10.8. The van der Waals surface area contributed by atoms with Gasteiger partial charge in [0.25, 0.3) is 0 Å². The first-order valence-electron chi connectivity index (χ1n) is 12.1. The van der Waals surface area contributed by atoms with E-state index in [0.717, 1.165) is 19.3 Å². The Kier molecular flexibility index (Phi) is 9.44. The number of unbranched alkanes of at least 4 members (excludes halogenated alkanes) is 8. The van der Waals surface area contributed by atoms with Crippen molar-refractivity contribution in [1.82, 2.24) is 0 Å². The molecule has 0 aliphatic heterocycles. The molecule has 6 nitrogen and oxygen atoms in total. The molecule has 6 heteroatoms. The van der Waals surface area contributed by atoms with Crippen molar-refractivity contribution < 1.29 is 19.1 Å². The van der Waals surface area contributed by atoms with Gasteiger partial charge in [0, 0.05) is 5.56 Å². The highest BCUT2D eigenvalue weighted by molar-refractivity contribution is 6.14. The van der Waals surface area contributed by atoms with Crippen LogP contribution in [0.2, 0.25) is 0 Å². The number of ether oxygens (including phenoxy) is 1. The van der Waals surface area contributed by atoms with E-state index in [1.54, 1.807) is 48.5 Å². The molecule has 0 fully saturated rings. The molecule has 0 unspecified atom stereocenters. The summed E-state index contributed by atoms with van der Waals surface area (Å²) >= 11 is 0. The lowest BCUT2D eigenvalue weighted by Crippen LogP contribution is -2.15.